The summed E-state index contributed by atoms with van der Waals surface area (Å²) in [6, 6.07) is 7.02. The molecule has 0 heterocycles. The fraction of sp³-hybridized carbons (Fsp3) is 0.375. The van der Waals surface area contributed by atoms with E-state index in [1.165, 1.54) is 32.0 Å². The molecule has 150 valence electrons. The summed E-state index contributed by atoms with van der Waals surface area (Å²) in [5.74, 6) is 0. The first-order valence-electron chi connectivity index (χ1n) is 7.97. The lowest BCUT2D eigenvalue weighted by molar-refractivity contribution is 0.0356. The summed E-state index contributed by atoms with van der Waals surface area (Å²) in [5, 5.41) is 0.886. The third-order valence-corrected chi connectivity index (χ3v) is 7.20. The molecule has 0 aliphatic heterocycles. The van der Waals surface area contributed by atoms with E-state index >= 15 is 8.78 Å². The molecular formula is C16H19BrF2O6P2. The van der Waals surface area contributed by atoms with Crippen LogP contribution in [0.15, 0.2) is 34.8 Å². The predicted molar refractivity (Wildman–Crippen MR) is 102 cm³/mol. The molecular weight excluding hydrogens is 468 g/mol. The Morgan fingerprint density at radius 3 is 2.15 bits per heavy atom. The predicted octanol–water partition coefficient (Wildman–Crippen LogP) is 5.60. The van der Waals surface area contributed by atoms with E-state index in [0.29, 0.717) is 16.3 Å². The van der Waals surface area contributed by atoms with Crippen molar-refractivity contribution in [1.29, 1.82) is 0 Å². The minimum Gasteiger partial charge on any atom is -0.324 e. The lowest BCUT2D eigenvalue weighted by Crippen LogP contribution is -2.19. The largest absolute Gasteiger partial charge is 0.404 e. The Kier molecular flexibility index (Phi) is 7.02. The Bertz CT molecular complexity index is 921. The summed E-state index contributed by atoms with van der Waals surface area (Å²) in [5.41, 5.74) is -4.22. The molecule has 0 atom stereocenters. The molecule has 0 saturated carbocycles. The Hall–Kier alpha value is -0.660. The van der Waals surface area contributed by atoms with Gasteiger partial charge in [-0.25, -0.2) is 0 Å². The molecule has 0 amide bonds. The van der Waals surface area contributed by atoms with Crippen LogP contribution < -0.4 is 0 Å². The Balaban J connectivity index is 2.61. The van der Waals surface area contributed by atoms with Crippen LogP contribution >= 0.6 is 31.1 Å². The highest BCUT2D eigenvalue weighted by atomic mass is 79.9. The highest BCUT2D eigenvalue weighted by Gasteiger charge is 2.55. The maximum atomic E-state index is 15.1. The van der Waals surface area contributed by atoms with E-state index in [9.17, 15) is 9.13 Å². The second-order valence-electron chi connectivity index (χ2n) is 5.71. The molecule has 6 nitrogen and oxygen atoms in total. The smallest absolute Gasteiger partial charge is 0.324 e. The van der Waals surface area contributed by atoms with Gasteiger partial charge in [-0.05, 0) is 42.3 Å². The van der Waals surface area contributed by atoms with Crippen LogP contribution in [0.25, 0.3) is 10.8 Å². The lowest BCUT2D eigenvalue weighted by Gasteiger charge is -2.27. The molecule has 0 radical (unpaired) electrons. The van der Waals surface area contributed by atoms with Crippen molar-refractivity contribution in [3.05, 3.63) is 45.9 Å². The van der Waals surface area contributed by atoms with Gasteiger partial charge in [0.1, 0.15) is 0 Å². The maximum Gasteiger partial charge on any atom is 0.404 e. The number of alkyl halides is 2. The van der Waals surface area contributed by atoms with Crippen molar-refractivity contribution < 1.29 is 36.7 Å². The summed E-state index contributed by atoms with van der Waals surface area (Å²) < 4.78 is 63.6. The van der Waals surface area contributed by atoms with Gasteiger partial charge >= 0.3 is 20.9 Å². The normalized spacial score (nSPS) is 13.3. The van der Waals surface area contributed by atoms with Gasteiger partial charge in [0, 0.05) is 10.0 Å². The SMILES string of the molecule is CCOP(=O)(OCC)C(F)(F)c1cc2cc(CP(=O)(O)O)ccc2cc1Br. The highest BCUT2D eigenvalue weighted by molar-refractivity contribution is 9.10. The molecule has 2 aromatic rings. The zero-order valence-corrected chi connectivity index (χ0v) is 17.9. The summed E-state index contributed by atoms with van der Waals surface area (Å²) in [7, 11) is -9.09. The molecule has 0 spiro atoms. The topological polar surface area (TPSA) is 93.1 Å². The maximum absolute atomic E-state index is 15.1. The van der Waals surface area contributed by atoms with Crippen molar-refractivity contribution in [1.82, 2.24) is 0 Å². The van der Waals surface area contributed by atoms with Crippen LogP contribution in [-0.4, -0.2) is 23.0 Å². The third-order valence-electron chi connectivity index (χ3n) is 3.65. The second-order valence-corrected chi connectivity index (χ2v) is 10.3. The number of hydrogen-bond donors (Lipinski definition) is 2. The lowest BCUT2D eigenvalue weighted by atomic mass is 10.0. The highest BCUT2D eigenvalue weighted by Crippen LogP contribution is 2.67. The number of hydrogen-bond acceptors (Lipinski definition) is 4. The quantitative estimate of drug-likeness (QED) is 0.472. The van der Waals surface area contributed by atoms with Crippen molar-refractivity contribution in [2.45, 2.75) is 25.7 Å². The van der Waals surface area contributed by atoms with Crippen molar-refractivity contribution in [3.63, 3.8) is 0 Å². The van der Waals surface area contributed by atoms with Crippen LogP contribution in [0.5, 0.6) is 0 Å². The Morgan fingerprint density at radius 1 is 1.04 bits per heavy atom. The first-order valence-corrected chi connectivity index (χ1v) is 12.1. The number of rotatable bonds is 8. The van der Waals surface area contributed by atoms with E-state index in [4.69, 9.17) is 18.8 Å². The van der Waals surface area contributed by atoms with Crippen LogP contribution in [0.3, 0.4) is 0 Å². The number of halogens is 3. The number of benzene rings is 2. The Labute approximate surface area is 163 Å². The van der Waals surface area contributed by atoms with Crippen molar-refractivity contribution in [2.75, 3.05) is 13.2 Å². The molecule has 2 rings (SSSR count). The molecule has 11 heteroatoms. The second kappa shape index (κ2) is 8.37. The van der Waals surface area contributed by atoms with E-state index < -0.39 is 32.6 Å². The number of fused-ring (bicyclic) bond motifs is 1. The molecule has 2 aromatic carbocycles. The summed E-state index contributed by atoms with van der Waals surface area (Å²) in [6.07, 6.45) is -0.513. The van der Waals surface area contributed by atoms with Gasteiger partial charge in [-0.2, -0.15) is 8.78 Å². The van der Waals surface area contributed by atoms with Crippen molar-refractivity contribution >= 4 is 41.9 Å². The average Bonchev–Trinajstić information content (AvgIpc) is 2.53. The van der Waals surface area contributed by atoms with Gasteiger partial charge < -0.3 is 18.8 Å². The molecule has 0 fully saturated rings. The van der Waals surface area contributed by atoms with Crippen LogP contribution in [0, 0.1) is 0 Å². The van der Waals surface area contributed by atoms with E-state index in [0.717, 1.165) is 6.07 Å². The molecule has 0 bridgehead atoms. The van der Waals surface area contributed by atoms with Crippen LogP contribution in [0.4, 0.5) is 8.78 Å². The van der Waals surface area contributed by atoms with Crippen LogP contribution in [0.2, 0.25) is 0 Å². The standard InChI is InChI=1S/C16H19BrF2O6P2/c1-3-24-27(23,25-4-2)16(18,19)14-8-13-7-11(10-26(20,21)22)5-6-12(13)9-15(14)17/h5-9H,3-4,10H2,1-2H3,(H2,20,21,22). The molecule has 27 heavy (non-hydrogen) atoms. The first kappa shape index (κ1) is 22.6. The third kappa shape index (κ3) is 5.04. The van der Waals surface area contributed by atoms with E-state index in [-0.39, 0.29) is 17.7 Å². The van der Waals surface area contributed by atoms with Gasteiger partial charge in [0.05, 0.1) is 19.4 Å². The minimum atomic E-state index is -4.78. The zero-order chi connectivity index (χ0) is 20.5. The van der Waals surface area contributed by atoms with Crippen molar-refractivity contribution in [2.24, 2.45) is 0 Å². The van der Waals surface area contributed by atoms with Gasteiger partial charge in [-0.1, -0.05) is 34.1 Å². The van der Waals surface area contributed by atoms with Gasteiger partial charge in [-0.15, -0.1) is 0 Å². The van der Waals surface area contributed by atoms with Gasteiger partial charge in [-0.3, -0.25) is 9.13 Å². The van der Waals surface area contributed by atoms with Gasteiger partial charge in [0.25, 0.3) is 0 Å². The zero-order valence-electron chi connectivity index (χ0n) is 14.6. The fourth-order valence-electron chi connectivity index (χ4n) is 2.57. The summed E-state index contributed by atoms with van der Waals surface area (Å²) in [6.45, 7) is 2.44. The average molecular weight is 487 g/mol. The van der Waals surface area contributed by atoms with E-state index in [1.807, 2.05) is 0 Å². The van der Waals surface area contributed by atoms with Gasteiger partial charge in [0.15, 0.2) is 0 Å². The van der Waals surface area contributed by atoms with E-state index in [2.05, 4.69) is 15.9 Å². The van der Waals surface area contributed by atoms with E-state index in [1.54, 1.807) is 6.07 Å². The first-order chi connectivity index (χ1) is 12.4. The molecule has 0 aliphatic rings. The molecule has 0 saturated heterocycles. The van der Waals surface area contributed by atoms with Crippen LogP contribution in [0.1, 0.15) is 25.0 Å². The molecule has 0 aliphatic carbocycles. The molecule has 2 N–H and O–H groups in total. The summed E-state index contributed by atoms with van der Waals surface area (Å²) >= 11 is 3.08. The summed E-state index contributed by atoms with van der Waals surface area (Å²) in [4.78, 5) is 18.2. The monoisotopic (exact) mass is 486 g/mol. The van der Waals surface area contributed by atoms with Gasteiger partial charge in [0.2, 0.25) is 0 Å². The fourth-order valence-corrected chi connectivity index (χ4v) is 5.57. The minimum absolute atomic E-state index is 0.0161. The molecule has 0 unspecified atom stereocenters. The van der Waals surface area contributed by atoms with Crippen molar-refractivity contribution in [3.8, 4) is 0 Å². The Morgan fingerprint density at radius 2 is 1.63 bits per heavy atom. The molecule has 0 aromatic heterocycles. The van der Waals surface area contributed by atoms with Crippen LogP contribution in [-0.2, 0) is 30.0 Å².